The van der Waals surface area contributed by atoms with Crippen molar-refractivity contribution in [1.29, 1.82) is 0 Å². The summed E-state index contributed by atoms with van der Waals surface area (Å²) in [4.78, 5) is 30.0. The van der Waals surface area contributed by atoms with Gasteiger partial charge in [0.05, 0.1) is 18.1 Å². The number of benzene rings is 1. The van der Waals surface area contributed by atoms with Crippen molar-refractivity contribution < 1.29 is 14.3 Å². The minimum Gasteiger partial charge on any atom is -0.442 e. The van der Waals surface area contributed by atoms with Crippen LogP contribution in [0.5, 0.6) is 0 Å². The fourth-order valence-electron chi connectivity index (χ4n) is 3.22. The van der Waals surface area contributed by atoms with Gasteiger partial charge in [-0.05, 0) is 31.2 Å². The van der Waals surface area contributed by atoms with Gasteiger partial charge < -0.3 is 19.9 Å². The molecule has 2 aliphatic rings. The van der Waals surface area contributed by atoms with Gasteiger partial charge in [0.1, 0.15) is 6.10 Å². The largest absolute Gasteiger partial charge is 0.442 e. The fourth-order valence-corrected chi connectivity index (χ4v) is 3.30. The molecule has 1 unspecified atom stereocenters. The molecule has 2 heterocycles. The molecule has 8 heteroatoms. The lowest BCUT2D eigenvalue weighted by Crippen LogP contribution is -2.48. The number of thiocarbonyl (C=S) groups is 1. The molecule has 2 aliphatic heterocycles. The van der Waals surface area contributed by atoms with Gasteiger partial charge >= 0.3 is 6.09 Å². The minimum atomic E-state index is -0.332. The number of hydrogen-bond donors (Lipinski definition) is 1. The molecule has 2 fully saturated rings. The molecule has 0 spiro atoms. The van der Waals surface area contributed by atoms with Crippen LogP contribution in [0.4, 0.5) is 16.2 Å². The highest BCUT2D eigenvalue weighted by Gasteiger charge is 2.32. The molecule has 2 amide bonds. The number of amides is 2. The summed E-state index contributed by atoms with van der Waals surface area (Å²) < 4.78 is 5.38. The van der Waals surface area contributed by atoms with E-state index in [1.165, 1.54) is 0 Å². The van der Waals surface area contributed by atoms with Crippen molar-refractivity contribution in [2.24, 2.45) is 0 Å². The Morgan fingerprint density at radius 3 is 2.35 bits per heavy atom. The van der Waals surface area contributed by atoms with Crippen LogP contribution in [0.3, 0.4) is 0 Å². The van der Waals surface area contributed by atoms with Gasteiger partial charge in [-0.2, -0.15) is 0 Å². The summed E-state index contributed by atoms with van der Waals surface area (Å²) in [6, 6.07) is 7.90. The van der Waals surface area contributed by atoms with Gasteiger partial charge in [0.2, 0.25) is 5.91 Å². The first-order valence-corrected chi connectivity index (χ1v) is 9.18. The monoisotopic (exact) mass is 376 g/mol. The Labute approximate surface area is 158 Å². The molecule has 0 radical (unpaired) electrons. The Morgan fingerprint density at radius 1 is 1.15 bits per heavy atom. The predicted molar refractivity (Wildman–Crippen MR) is 105 cm³/mol. The summed E-state index contributed by atoms with van der Waals surface area (Å²) in [6.45, 7) is 7.55. The highest BCUT2D eigenvalue weighted by atomic mass is 32.1. The molecule has 26 heavy (non-hydrogen) atoms. The predicted octanol–water partition coefficient (Wildman–Crippen LogP) is 1.62. The lowest BCUT2D eigenvalue weighted by atomic mass is 10.2. The van der Waals surface area contributed by atoms with Crippen LogP contribution in [-0.2, 0) is 9.53 Å². The Kier molecular flexibility index (Phi) is 5.61. The molecule has 3 rings (SSSR count). The van der Waals surface area contributed by atoms with Crippen LogP contribution in [0.15, 0.2) is 24.3 Å². The van der Waals surface area contributed by atoms with E-state index in [0.717, 1.165) is 37.6 Å². The van der Waals surface area contributed by atoms with Crippen molar-refractivity contribution in [3.05, 3.63) is 24.3 Å². The molecule has 0 saturated carbocycles. The first-order valence-electron chi connectivity index (χ1n) is 8.77. The highest BCUT2D eigenvalue weighted by Crippen LogP contribution is 2.25. The van der Waals surface area contributed by atoms with Gasteiger partial charge in [0.15, 0.2) is 0 Å². The maximum absolute atomic E-state index is 12.1. The Bertz CT molecular complexity index is 686. The Hall–Kier alpha value is -2.35. The van der Waals surface area contributed by atoms with E-state index in [9.17, 15) is 9.59 Å². The number of carbonyl (C=O) groups is 2. The highest BCUT2D eigenvalue weighted by molar-refractivity contribution is 7.80. The van der Waals surface area contributed by atoms with Crippen LogP contribution in [0.25, 0.3) is 0 Å². The number of nitrogens with zero attached hydrogens (tertiary/aromatic N) is 3. The quantitative estimate of drug-likeness (QED) is 0.806. The van der Waals surface area contributed by atoms with E-state index in [0.29, 0.717) is 18.1 Å². The summed E-state index contributed by atoms with van der Waals surface area (Å²) in [6.07, 6.45) is -0.540. The maximum atomic E-state index is 12.1. The SMILES string of the molecule is CC(=O)N1CCN(c2ccc(N3CC(CNC(C)=S)OC3=O)cc2)CC1. The molecule has 1 N–H and O–H groups in total. The number of hydrogen-bond acceptors (Lipinski definition) is 5. The molecule has 7 nitrogen and oxygen atoms in total. The van der Waals surface area contributed by atoms with E-state index < -0.39 is 0 Å². The van der Waals surface area contributed by atoms with Crippen molar-refractivity contribution in [3.8, 4) is 0 Å². The number of nitrogens with one attached hydrogen (secondary N) is 1. The topological polar surface area (TPSA) is 65.1 Å². The zero-order valence-electron chi connectivity index (χ0n) is 15.1. The zero-order chi connectivity index (χ0) is 18.7. The molecular weight excluding hydrogens is 352 g/mol. The van der Waals surface area contributed by atoms with Gasteiger partial charge in [0, 0.05) is 44.5 Å². The Balaban J connectivity index is 1.59. The second-order valence-corrected chi connectivity index (χ2v) is 7.18. The van der Waals surface area contributed by atoms with Gasteiger partial charge in [-0.15, -0.1) is 0 Å². The van der Waals surface area contributed by atoms with Crippen molar-refractivity contribution in [1.82, 2.24) is 10.2 Å². The van der Waals surface area contributed by atoms with E-state index in [4.69, 9.17) is 17.0 Å². The van der Waals surface area contributed by atoms with E-state index in [1.807, 2.05) is 29.2 Å². The van der Waals surface area contributed by atoms with Crippen molar-refractivity contribution >= 4 is 40.6 Å². The number of carbonyl (C=O) groups excluding carboxylic acids is 2. The number of cyclic esters (lactones) is 1. The number of rotatable bonds is 4. The lowest BCUT2D eigenvalue weighted by Gasteiger charge is -2.35. The van der Waals surface area contributed by atoms with Gasteiger partial charge in [-0.3, -0.25) is 9.69 Å². The first-order chi connectivity index (χ1) is 12.4. The van der Waals surface area contributed by atoms with Gasteiger partial charge in [-0.25, -0.2) is 4.79 Å². The third-order valence-electron chi connectivity index (χ3n) is 4.70. The van der Waals surface area contributed by atoms with Crippen LogP contribution in [0.2, 0.25) is 0 Å². The van der Waals surface area contributed by atoms with E-state index in [2.05, 4.69) is 10.2 Å². The third kappa shape index (κ3) is 4.24. The van der Waals surface area contributed by atoms with Crippen LogP contribution in [0.1, 0.15) is 13.8 Å². The summed E-state index contributed by atoms with van der Waals surface area (Å²) in [5, 5.41) is 3.04. The lowest BCUT2D eigenvalue weighted by molar-refractivity contribution is -0.129. The maximum Gasteiger partial charge on any atom is 0.414 e. The van der Waals surface area contributed by atoms with Crippen LogP contribution < -0.4 is 15.1 Å². The van der Waals surface area contributed by atoms with Gasteiger partial charge in [-0.1, -0.05) is 12.2 Å². The van der Waals surface area contributed by atoms with Crippen molar-refractivity contribution in [2.45, 2.75) is 20.0 Å². The molecule has 1 aromatic rings. The molecule has 1 atom stereocenters. The second kappa shape index (κ2) is 7.90. The van der Waals surface area contributed by atoms with Crippen LogP contribution in [-0.4, -0.2) is 67.3 Å². The standard InChI is InChI=1S/C18H24N4O3S/c1-13(26)19-11-17-12-22(18(24)25-17)16-5-3-15(4-6-16)21-9-7-20(8-10-21)14(2)23/h3-6,17H,7-12H2,1-2H3,(H,19,26). The summed E-state index contributed by atoms with van der Waals surface area (Å²) in [7, 11) is 0. The number of piperazine rings is 1. The molecule has 0 bridgehead atoms. The van der Waals surface area contributed by atoms with Crippen molar-refractivity contribution in [2.75, 3.05) is 49.1 Å². The molecule has 140 valence electrons. The van der Waals surface area contributed by atoms with Gasteiger partial charge in [0.25, 0.3) is 0 Å². The second-order valence-electron chi connectivity index (χ2n) is 6.56. The van der Waals surface area contributed by atoms with Crippen LogP contribution in [0, 0.1) is 0 Å². The van der Waals surface area contributed by atoms with E-state index in [-0.39, 0.29) is 18.1 Å². The normalized spacial score (nSPS) is 20.2. The molecule has 0 aliphatic carbocycles. The third-order valence-corrected chi connectivity index (χ3v) is 4.85. The average molecular weight is 376 g/mol. The molecular formula is C18H24N4O3S. The zero-order valence-corrected chi connectivity index (χ0v) is 15.9. The van der Waals surface area contributed by atoms with E-state index in [1.54, 1.807) is 18.7 Å². The van der Waals surface area contributed by atoms with E-state index >= 15 is 0 Å². The summed E-state index contributed by atoms with van der Waals surface area (Å²) in [5.41, 5.74) is 1.92. The number of anilines is 2. The minimum absolute atomic E-state index is 0.125. The average Bonchev–Trinajstić information content (AvgIpc) is 3.01. The molecule has 1 aromatic carbocycles. The molecule has 0 aromatic heterocycles. The smallest absolute Gasteiger partial charge is 0.414 e. The first kappa shape index (κ1) is 18.4. The van der Waals surface area contributed by atoms with Crippen LogP contribution >= 0.6 is 12.2 Å². The number of ether oxygens (including phenoxy) is 1. The summed E-state index contributed by atoms with van der Waals surface area (Å²) in [5.74, 6) is 0.125. The van der Waals surface area contributed by atoms with Crippen molar-refractivity contribution in [3.63, 3.8) is 0 Å². The Morgan fingerprint density at radius 2 is 1.77 bits per heavy atom. The summed E-state index contributed by atoms with van der Waals surface area (Å²) >= 11 is 4.99. The molecule has 2 saturated heterocycles. The fraction of sp³-hybridized carbons (Fsp3) is 0.500.